The molecule has 0 fully saturated rings. The van der Waals surface area contributed by atoms with E-state index in [4.69, 9.17) is 9.68 Å². The Balaban J connectivity index is 1.40. The number of aromatic nitrogens is 1. The first-order valence-electron chi connectivity index (χ1n) is 10.0. The fourth-order valence-electron chi connectivity index (χ4n) is 3.62. The van der Waals surface area contributed by atoms with Gasteiger partial charge in [0.2, 0.25) is 0 Å². The molecule has 0 saturated carbocycles. The highest BCUT2D eigenvalue weighted by molar-refractivity contribution is 6.01. The highest BCUT2D eigenvalue weighted by Crippen LogP contribution is 2.30. The number of hydrogen-bond donors (Lipinski definition) is 1. The molecule has 4 rings (SSSR count). The van der Waals surface area contributed by atoms with Crippen LogP contribution in [0.2, 0.25) is 0 Å². The number of nitrogens with one attached hydrogen (secondary N) is 1. The molecule has 32 heavy (non-hydrogen) atoms. The first kappa shape index (κ1) is 21.6. The molecular formula is C23H19F3N4O2. The highest BCUT2D eigenvalue weighted by atomic mass is 19.4. The van der Waals surface area contributed by atoms with E-state index in [1.165, 1.54) is 12.1 Å². The number of nitrogens with zero attached hydrogens (tertiary/aromatic N) is 3. The quantitative estimate of drug-likeness (QED) is 0.650. The van der Waals surface area contributed by atoms with E-state index in [1.807, 2.05) is 18.2 Å². The lowest BCUT2D eigenvalue weighted by Crippen LogP contribution is -2.26. The highest BCUT2D eigenvalue weighted by Gasteiger charge is 2.30. The van der Waals surface area contributed by atoms with Gasteiger partial charge in [-0.15, -0.1) is 0 Å². The summed E-state index contributed by atoms with van der Waals surface area (Å²) in [5.41, 5.74) is 1.49. The molecule has 6 nitrogen and oxygen atoms in total. The second-order valence-electron chi connectivity index (χ2n) is 7.51. The van der Waals surface area contributed by atoms with Crippen LogP contribution in [-0.4, -0.2) is 28.9 Å². The van der Waals surface area contributed by atoms with Crippen molar-refractivity contribution in [2.45, 2.75) is 25.6 Å². The van der Waals surface area contributed by atoms with Gasteiger partial charge in [0.25, 0.3) is 5.89 Å². The number of halogens is 3. The molecule has 164 valence electrons. The van der Waals surface area contributed by atoms with Crippen molar-refractivity contribution in [2.75, 3.05) is 18.4 Å². The third-order valence-electron chi connectivity index (χ3n) is 5.20. The minimum Gasteiger partial charge on any atom is -0.437 e. The number of nitriles is 1. The number of carbonyl (C=O) groups excluding carboxylic acids is 1. The van der Waals surface area contributed by atoms with Gasteiger partial charge in [0.15, 0.2) is 0 Å². The van der Waals surface area contributed by atoms with Crippen LogP contribution in [0.25, 0.3) is 0 Å². The molecular weight excluding hydrogens is 421 g/mol. The summed E-state index contributed by atoms with van der Waals surface area (Å²) < 4.78 is 44.2. The van der Waals surface area contributed by atoms with Crippen LogP contribution in [0.1, 0.15) is 38.8 Å². The number of rotatable bonds is 4. The maximum atomic E-state index is 12.9. The first-order chi connectivity index (χ1) is 15.3. The van der Waals surface area contributed by atoms with Crippen LogP contribution in [0.15, 0.2) is 52.9 Å². The number of anilines is 1. The van der Waals surface area contributed by atoms with Crippen LogP contribution < -0.4 is 5.32 Å². The number of carbonyl (C=O) groups is 1. The second-order valence-corrected chi connectivity index (χ2v) is 7.51. The van der Waals surface area contributed by atoms with Crippen molar-refractivity contribution < 1.29 is 22.4 Å². The standard InChI is InChI=1S/C23H19F3N4O2/c24-23(25,26)17-5-2-6-18(12-17)28-21(31)22-29-19-7-9-30(10-8-20(19)32-22)14-16-4-1-3-15(11-16)13-27/h1-6,11-12H,7-10,14H2,(H,28,31). The van der Waals surface area contributed by atoms with Gasteiger partial charge in [-0.3, -0.25) is 9.69 Å². The molecule has 1 amide bonds. The largest absolute Gasteiger partial charge is 0.437 e. The Kier molecular flexibility index (Phi) is 5.97. The molecule has 2 heterocycles. The van der Waals surface area contributed by atoms with Crippen molar-refractivity contribution >= 4 is 11.6 Å². The minimum absolute atomic E-state index is 0.0176. The fourth-order valence-corrected chi connectivity index (χ4v) is 3.62. The SMILES string of the molecule is N#Cc1cccc(CN2CCc3nc(C(=O)Nc4cccc(C(F)(F)F)c4)oc3CC2)c1. The average Bonchev–Trinajstić information content (AvgIpc) is 3.10. The Morgan fingerprint density at radius 3 is 2.72 bits per heavy atom. The lowest BCUT2D eigenvalue weighted by atomic mass is 10.1. The summed E-state index contributed by atoms with van der Waals surface area (Å²) in [4.78, 5) is 19.0. The molecule has 1 aliphatic heterocycles. The lowest BCUT2D eigenvalue weighted by Gasteiger charge is -2.19. The summed E-state index contributed by atoms with van der Waals surface area (Å²) in [6.07, 6.45) is -3.37. The van der Waals surface area contributed by atoms with E-state index in [0.29, 0.717) is 49.5 Å². The zero-order valence-corrected chi connectivity index (χ0v) is 16.9. The van der Waals surface area contributed by atoms with Crippen LogP contribution >= 0.6 is 0 Å². The van der Waals surface area contributed by atoms with Gasteiger partial charge in [0, 0.05) is 38.2 Å². The third-order valence-corrected chi connectivity index (χ3v) is 5.20. The van der Waals surface area contributed by atoms with E-state index in [2.05, 4.69) is 21.3 Å². The van der Waals surface area contributed by atoms with Crippen LogP contribution in [0.4, 0.5) is 18.9 Å². The fraction of sp³-hybridized carbons (Fsp3) is 0.261. The maximum absolute atomic E-state index is 12.9. The number of oxazole rings is 1. The molecule has 0 saturated heterocycles. The van der Waals surface area contributed by atoms with E-state index < -0.39 is 17.6 Å². The Morgan fingerprint density at radius 1 is 1.16 bits per heavy atom. The normalized spacial score (nSPS) is 14.3. The number of fused-ring (bicyclic) bond motifs is 1. The molecule has 0 unspecified atom stereocenters. The molecule has 0 spiro atoms. The Labute approximate surface area is 182 Å². The second kappa shape index (κ2) is 8.85. The number of alkyl halides is 3. The summed E-state index contributed by atoms with van der Waals surface area (Å²) in [6.45, 7) is 2.07. The van der Waals surface area contributed by atoms with Gasteiger partial charge in [0.1, 0.15) is 5.76 Å². The van der Waals surface area contributed by atoms with Crippen LogP contribution in [0.3, 0.4) is 0 Å². The predicted molar refractivity (Wildman–Crippen MR) is 110 cm³/mol. The Hall–Kier alpha value is -3.64. The smallest absolute Gasteiger partial charge is 0.416 e. The summed E-state index contributed by atoms with van der Waals surface area (Å²) in [7, 11) is 0. The minimum atomic E-state index is -4.50. The van der Waals surface area contributed by atoms with E-state index >= 15 is 0 Å². The van der Waals surface area contributed by atoms with Crippen molar-refractivity contribution in [3.8, 4) is 6.07 Å². The lowest BCUT2D eigenvalue weighted by molar-refractivity contribution is -0.137. The third kappa shape index (κ3) is 4.98. The molecule has 1 aromatic heterocycles. The van der Waals surface area contributed by atoms with Crippen molar-refractivity contribution in [1.82, 2.24) is 9.88 Å². The zero-order valence-electron chi connectivity index (χ0n) is 16.9. The number of benzene rings is 2. The zero-order chi connectivity index (χ0) is 22.7. The van der Waals surface area contributed by atoms with E-state index in [9.17, 15) is 18.0 Å². The number of amides is 1. The summed E-state index contributed by atoms with van der Waals surface area (Å²) >= 11 is 0. The molecule has 3 aromatic rings. The van der Waals surface area contributed by atoms with Gasteiger partial charge in [0.05, 0.1) is 22.9 Å². The van der Waals surface area contributed by atoms with Crippen LogP contribution in [0, 0.1) is 11.3 Å². The number of hydrogen-bond acceptors (Lipinski definition) is 5. The van der Waals surface area contributed by atoms with Crippen molar-refractivity contribution in [3.63, 3.8) is 0 Å². The van der Waals surface area contributed by atoms with Gasteiger partial charge >= 0.3 is 12.1 Å². The monoisotopic (exact) mass is 440 g/mol. The van der Waals surface area contributed by atoms with Gasteiger partial charge in [-0.2, -0.15) is 18.4 Å². The average molecular weight is 440 g/mol. The molecule has 1 N–H and O–H groups in total. The van der Waals surface area contributed by atoms with Crippen LogP contribution in [0.5, 0.6) is 0 Å². The van der Waals surface area contributed by atoms with Gasteiger partial charge in [-0.1, -0.05) is 18.2 Å². The Morgan fingerprint density at radius 2 is 1.94 bits per heavy atom. The van der Waals surface area contributed by atoms with E-state index in [0.717, 1.165) is 17.7 Å². The van der Waals surface area contributed by atoms with Crippen molar-refractivity contribution in [1.29, 1.82) is 5.26 Å². The molecule has 0 atom stereocenters. The summed E-state index contributed by atoms with van der Waals surface area (Å²) in [5.74, 6) is -0.252. The molecule has 2 aromatic carbocycles. The van der Waals surface area contributed by atoms with Crippen LogP contribution in [-0.2, 0) is 25.6 Å². The topological polar surface area (TPSA) is 82.2 Å². The van der Waals surface area contributed by atoms with E-state index in [1.54, 1.807) is 6.07 Å². The molecule has 1 aliphatic rings. The van der Waals surface area contributed by atoms with E-state index in [-0.39, 0.29) is 11.6 Å². The van der Waals surface area contributed by atoms with Gasteiger partial charge in [-0.05, 0) is 35.9 Å². The summed E-state index contributed by atoms with van der Waals surface area (Å²) in [6, 6.07) is 14.0. The molecule has 0 radical (unpaired) electrons. The van der Waals surface area contributed by atoms with Crippen molar-refractivity contribution in [2.24, 2.45) is 0 Å². The summed E-state index contributed by atoms with van der Waals surface area (Å²) in [5, 5.41) is 11.5. The Bertz CT molecular complexity index is 1150. The van der Waals surface area contributed by atoms with Gasteiger partial charge < -0.3 is 9.73 Å². The molecule has 0 aliphatic carbocycles. The van der Waals surface area contributed by atoms with Gasteiger partial charge in [-0.25, -0.2) is 4.98 Å². The molecule has 0 bridgehead atoms. The first-order valence-corrected chi connectivity index (χ1v) is 10.0. The van der Waals surface area contributed by atoms with Crippen molar-refractivity contribution in [3.05, 3.63) is 82.6 Å². The molecule has 9 heteroatoms. The maximum Gasteiger partial charge on any atom is 0.416 e. The predicted octanol–water partition coefficient (Wildman–Crippen LogP) is 4.42.